The van der Waals surface area contributed by atoms with Gasteiger partial charge >= 0.3 is 0 Å². The topological polar surface area (TPSA) is 26.3 Å². The number of halogens is 2. The second-order valence-electron chi connectivity index (χ2n) is 3.33. The van der Waals surface area contributed by atoms with Crippen molar-refractivity contribution < 1.29 is 13.9 Å². The molecular formula is C13H8ClFO2. The molecule has 0 N–H and O–H groups in total. The van der Waals surface area contributed by atoms with Crippen molar-refractivity contribution in [1.29, 1.82) is 0 Å². The van der Waals surface area contributed by atoms with Crippen LogP contribution in [-0.4, -0.2) is 6.29 Å². The summed E-state index contributed by atoms with van der Waals surface area (Å²) in [6, 6.07) is 10.5. The molecule has 0 aliphatic carbocycles. The van der Waals surface area contributed by atoms with Gasteiger partial charge in [0.2, 0.25) is 0 Å². The second-order valence-corrected chi connectivity index (χ2v) is 3.74. The van der Waals surface area contributed by atoms with E-state index in [1.54, 1.807) is 24.3 Å². The van der Waals surface area contributed by atoms with Crippen molar-refractivity contribution in [2.45, 2.75) is 0 Å². The van der Waals surface area contributed by atoms with Crippen molar-refractivity contribution in [1.82, 2.24) is 0 Å². The molecule has 0 saturated heterocycles. The van der Waals surface area contributed by atoms with Gasteiger partial charge in [0, 0.05) is 6.07 Å². The van der Waals surface area contributed by atoms with Gasteiger partial charge in [-0.15, -0.1) is 0 Å². The van der Waals surface area contributed by atoms with Gasteiger partial charge in [-0.05, 0) is 24.3 Å². The van der Waals surface area contributed by atoms with Crippen LogP contribution >= 0.6 is 11.6 Å². The van der Waals surface area contributed by atoms with E-state index in [0.717, 1.165) is 0 Å². The van der Waals surface area contributed by atoms with Crippen LogP contribution in [0, 0.1) is 5.82 Å². The number of benzene rings is 2. The van der Waals surface area contributed by atoms with Crippen LogP contribution in [0.5, 0.6) is 11.5 Å². The molecule has 2 nitrogen and oxygen atoms in total. The molecule has 17 heavy (non-hydrogen) atoms. The fourth-order valence-corrected chi connectivity index (χ4v) is 1.59. The van der Waals surface area contributed by atoms with Gasteiger partial charge in [-0.3, -0.25) is 4.79 Å². The molecule has 0 bridgehead atoms. The summed E-state index contributed by atoms with van der Waals surface area (Å²) in [7, 11) is 0. The van der Waals surface area contributed by atoms with Gasteiger partial charge in [-0.2, -0.15) is 0 Å². The van der Waals surface area contributed by atoms with E-state index in [1.807, 2.05) is 0 Å². The van der Waals surface area contributed by atoms with Crippen molar-refractivity contribution >= 4 is 17.9 Å². The summed E-state index contributed by atoms with van der Waals surface area (Å²) in [5.41, 5.74) is 0.249. The lowest BCUT2D eigenvalue weighted by Gasteiger charge is -2.08. The van der Waals surface area contributed by atoms with Crippen LogP contribution in [0.15, 0.2) is 42.5 Å². The molecular weight excluding hydrogens is 243 g/mol. The summed E-state index contributed by atoms with van der Waals surface area (Å²) < 4.78 is 18.4. The summed E-state index contributed by atoms with van der Waals surface area (Å²) in [6.07, 6.45) is 0.608. The zero-order valence-corrected chi connectivity index (χ0v) is 9.45. The lowest BCUT2D eigenvalue weighted by molar-refractivity contribution is 0.112. The third-order valence-corrected chi connectivity index (χ3v) is 2.48. The van der Waals surface area contributed by atoms with Crippen molar-refractivity contribution in [3.05, 3.63) is 58.9 Å². The molecule has 0 aliphatic heterocycles. The van der Waals surface area contributed by atoms with Gasteiger partial charge in [0.25, 0.3) is 0 Å². The average molecular weight is 251 g/mol. The zero-order valence-electron chi connectivity index (χ0n) is 8.69. The molecule has 2 rings (SSSR count). The van der Waals surface area contributed by atoms with Crippen molar-refractivity contribution in [2.24, 2.45) is 0 Å². The summed E-state index contributed by atoms with van der Waals surface area (Å²) in [6.45, 7) is 0. The Hall–Kier alpha value is -1.87. The highest BCUT2D eigenvalue weighted by molar-refractivity contribution is 6.33. The molecule has 4 heteroatoms. The Kier molecular flexibility index (Phi) is 3.40. The molecule has 2 aromatic rings. The maximum absolute atomic E-state index is 13.0. The molecule has 0 heterocycles. The third-order valence-electron chi connectivity index (χ3n) is 2.15. The summed E-state index contributed by atoms with van der Waals surface area (Å²) in [5.74, 6) is 0.214. The van der Waals surface area contributed by atoms with Gasteiger partial charge in [0.15, 0.2) is 6.29 Å². The molecule has 0 amide bonds. The van der Waals surface area contributed by atoms with Crippen LogP contribution in [0.1, 0.15) is 10.4 Å². The normalized spacial score (nSPS) is 10.0. The molecule has 0 fully saturated rings. The average Bonchev–Trinajstić information content (AvgIpc) is 2.29. The molecule has 0 atom stereocenters. The SMILES string of the molecule is O=Cc1c(Cl)cccc1Oc1cccc(F)c1. The van der Waals surface area contributed by atoms with E-state index < -0.39 is 5.82 Å². The first-order valence-corrected chi connectivity index (χ1v) is 5.25. The summed E-state index contributed by atoms with van der Waals surface area (Å²) in [4.78, 5) is 10.9. The predicted octanol–water partition coefficient (Wildman–Crippen LogP) is 4.08. The van der Waals surface area contributed by atoms with Gasteiger partial charge in [-0.1, -0.05) is 23.7 Å². The molecule has 86 valence electrons. The van der Waals surface area contributed by atoms with Crippen LogP contribution in [0.3, 0.4) is 0 Å². The van der Waals surface area contributed by atoms with E-state index in [1.165, 1.54) is 18.2 Å². The Morgan fingerprint density at radius 2 is 1.94 bits per heavy atom. The fourth-order valence-electron chi connectivity index (χ4n) is 1.38. The summed E-state index contributed by atoms with van der Waals surface area (Å²) in [5, 5.41) is 0.300. The van der Waals surface area contributed by atoms with Crippen LogP contribution in [0.25, 0.3) is 0 Å². The van der Waals surface area contributed by atoms with E-state index in [0.29, 0.717) is 22.8 Å². The number of hydrogen-bond donors (Lipinski definition) is 0. The maximum atomic E-state index is 13.0. The lowest BCUT2D eigenvalue weighted by atomic mass is 10.2. The largest absolute Gasteiger partial charge is 0.456 e. The standard InChI is InChI=1S/C13H8ClFO2/c14-12-5-2-6-13(11(12)8-16)17-10-4-1-3-9(15)7-10/h1-8H. The monoisotopic (exact) mass is 250 g/mol. The van der Waals surface area contributed by atoms with E-state index in [2.05, 4.69) is 0 Å². The van der Waals surface area contributed by atoms with Crippen molar-refractivity contribution in [3.63, 3.8) is 0 Å². The van der Waals surface area contributed by atoms with E-state index in [4.69, 9.17) is 16.3 Å². The molecule has 2 aromatic carbocycles. The van der Waals surface area contributed by atoms with Crippen LogP contribution < -0.4 is 4.74 Å². The molecule has 0 aromatic heterocycles. The van der Waals surface area contributed by atoms with Crippen LogP contribution in [-0.2, 0) is 0 Å². The highest BCUT2D eigenvalue weighted by atomic mass is 35.5. The lowest BCUT2D eigenvalue weighted by Crippen LogP contribution is -1.91. The quantitative estimate of drug-likeness (QED) is 0.767. The van der Waals surface area contributed by atoms with Gasteiger partial charge < -0.3 is 4.74 Å². The molecule has 0 spiro atoms. The van der Waals surface area contributed by atoms with Crippen LogP contribution in [0.4, 0.5) is 4.39 Å². The molecule has 0 saturated carbocycles. The van der Waals surface area contributed by atoms with Gasteiger partial charge in [0.1, 0.15) is 17.3 Å². The second kappa shape index (κ2) is 4.97. The minimum atomic E-state index is -0.405. The molecule has 0 unspecified atom stereocenters. The number of rotatable bonds is 3. The highest BCUT2D eigenvalue weighted by Gasteiger charge is 2.08. The number of aldehydes is 1. The smallest absolute Gasteiger partial charge is 0.155 e. The first-order chi connectivity index (χ1) is 8.20. The molecule has 0 aliphatic rings. The Labute approximate surface area is 103 Å². The Morgan fingerprint density at radius 3 is 2.65 bits per heavy atom. The van der Waals surface area contributed by atoms with Gasteiger partial charge in [-0.25, -0.2) is 4.39 Å². The minimum Gasteiger partial charge on any atom is -0.456 e. The Morgan fingerprint density at radius 1 is 1.18 bits per heavy atom. The van der Waals surface area contributed by atoms with E-state index >= 15 is 0 Å². The van der Waals surface area contributed by atoms with Crippen molar-refractivity contribution in [3.8, 4) is 11.5 Å². The van der Waals surface area contributed by atoms with Crippen molar-refractivity contribution in [2.75, 3.05) is 0 Å². The van der Waals surface area contributed by atoms with Crippen LogP contribution in [0.2, 0.25) is 5.02 Å². The number of ether oxygens (including phenoxy) is 1. The first kappa shape index (κ1) is 11.6. The zero-order chi connectivity index (χ0) is 12.3. The van der Waals surface area contributed by atoms with Gasteiger partial charge in [0.05, 0.1) is 10.6 Å². The first-order valence-electron chi connectivity index (χ1n) is 4.88. The minimum absolute atomic E-state index is 0.249. The van der Waals surface area contributed by atoms with E-state index in [-0.39, 0.29) is 5.56 Å². The highest BCUT2D eigenvalue weighted by Crippen LogP contribution is 2.29. The Balaban J connectivity index is 2.36. The number of hydrogen-bond acceptors (Lipinski definition) is 2. The number of carbonyl (C=O) groups excluding carboxylic acids is 1. The Bertz CT molecular complexity index is 555. The predicted molar refractivity (Wildman–Crippen MR) is 63.3 cm³/mol. The fraction of sp³-hybridized carbons (Fsp3) is 0. The third kappa shape index (κ3) is 2.63. The summed E-state index contributed by atoms with van der Waals surface area (Å²) >= 11 is 5.84. The maximum Gasteiger partial charge on any atom is 0.155 e. The number of carbonyl (C=O) groups is 1. The molecule has 0 radical (unpaired) electrons. The van der Waals surface area contributed by atoms with E-state index in [9.17, 15) is 9.18 Å².